The van der Waals surface area contributed by atoms with E-state index in [9.17, 15) is 10.1 Å². The molecular formula is C16H18ClN3O. The summed E-state index contributed by atoms with van der Waals surface area (Å²) in [4.78, 5) is 14.0. The molecule has 1 fully saturated rings. The van der Waals surface area contributed by atoms with E-state index in [1.165, 1.54) is 6.20 Å². The van der Waals surface area contributed by atoms with Crippen LogP contribution in [0.2, 0.25) is 5.02 Å². The molecule has 1 saturated heterocycles. The predicted octanol–water partition coefficient (Wildman–Crippen LogP) is 3.48. The van der Waals surface area contributed by atoms with Crippen LogP contribution in [0.25, 0.3) is 0 Å². The van der Waals surface area contributed by atoms with Crippen molar-refractivity contribution < 1.29 is 4.79 Å². The Balaban J connectivity index is 2.11. The van der Waals surface area contributed by atoms with E-state index in [1.807, 2.05) is 25.1 Å². The summed E-state index contributed by atoms with van der Waals surface area (Å²) in [5.74, 6) is -0.204. The van der Waals surface area contributed by atoms with Gasteiger partial charge >= 0.3 is 0 Å². The third-order valence-corrected chi connectivity index (χ3v) is 4.04. The van der Waals surface area contributed by atoms with Gasteiger partial charge in [0.15, 0.2) is 0 Å². The van der Waals surface area contributed by atoms with Crippen LogP contribution in [0.15, 0.2) is 30.0 Å². The molecule has 1 N–H and O–H groups in total. The van der Waals surface area contributed by atoms with Gasteiger partial charge in [-0.15, -0.1) is 0 Å². The third-order valence-electron chi connectivity index (χ3n) is 3.63. The highest BCUT2D eigenvalue weighted by molar-refractivity contribution is 6.31. The van der Waals surface area contributed by atoms with Crippen LogP contribution in [0.3, 0.4) is 0 Å². The van der Waals surface area contributed by atoms with Crippen molar-refractivity contribution in [3.05, 3.63) is 40.6 Å². The minimum absolute atomic E-state index is 0.122. The number of carbonyl (C=O) groups excluding carboxylic acids is 1. The van der Waals surface area contributed by atoms with Crippen LogP contribution in [0.4, 0.5) is 5.69 Å². The molecule has 0 saturated carbocycles. The largest absolute Gasteiger partial charge is 0.360 e. The quantitative estimate of drug-likeness (QED) is 0.687. The molecule has 0 aliphatic carbocycles. The Morgan fingerprint density at radius 2 is 2.10 bits per heavy atom. The van der Waals surface area contributed by atoms with Crippen LogP contribution in [0.5, 0.6) is 0 Å². The van der Waals surface area contributed by atoms with Crippen LogP contribution in [0, 0.1) is 18.3 Å². The lowest BCUT2D eigenvalue weighted by Gasteiger charge is -2.26. The average molecular weight is 304 g/mol. The summed E-state index contributed by atoms with van der Waals surface area (Å²) in [6.07, 6.45) is 4.63. The molecule has 0 radical (unpaired) electrons. The maximum atomic E-state index is 12.3. The molecule has 21 heavy (non-hydrogen) atoms. The van der Waals surface area contributed by atoms with Crippen LogP contribution in [-0.4, -0.2) is 23.9 Å². The molecule has 5 heteroatoms. The molecule has 1 amide bonds. The number of hydrogen-bond acceptors (Lipinski definition) is 3. The number of nitrogens with one attached hydrogen (secondary N) is 1. The molecule has 1 aliphatic heterocycles. The number of benzene rings is 1. The second kappa shape index (κ2) is 7.14. The van der Waals surface area contributed by atoms with Crippen molar-refractivity contribution in [2.45, 2.75) is 26.2 Å². The van der Waals surface area contributed by atoms with Crippen molar-refractivity contribution in [2.24, 2.45) is 0 Å². The van der Waals surface area contributed by atoms with E-state index < -0.39 is 0 Å². The van der Waals surface area contributed by atoms with Gasteiger partial charge < -0.3 is 10.2 Å². The second-order valence-electron chi connectivity index (χ2n) is 5.08. The molecule has 0 unspecified atom stereocenters. The van der Waals surface area contributed by atoms with Gasteiger partial charge in [-0.05, 0) is 43.9 Å². The molecule has 1 aromatic carbocycles. The fourth-order valence-corrected chi connectivity index (χ4v) is 2.50. The molecule has 1 aliphatic rings. The first-order valence-corrected chi connectivity index (χ1v) is 7.42. The zero-order valence-corrected chi connectivity index (χ0v) is 12.8. The first-order valence-electron chi connectivity index (χ1n) is 7.04. The Morgan fingerprint density at radius 3 is 2.76 bits per heavy atom. The number of carbonyl (C=O) groups is 1. The SMILES string of the molecule is Cc1c(Cl)cccc1N/C=C(/C#N)C(=O)N1CCCCC1. The lowest BCUT2D eigenvalue weighted by Crippen LogP contribution is -2.36. The maximum absolute atomic E-state index is 12.3. The summed E-state index contributed by atoms with van der Waals surface area (Å²) < 4.78 is 0. The predicted molar refractivity (Wildman–Crippen MR) is 83.9 cm³/mol. The molecule has 1 heterocycles. The first-order chi connectivity index (χ1) is 10.1. The minimum Gasteiger partial charge on any atom is -0.360 e. The summed E-state index contributed by atoms with van der Waals surface area (Å²) in [5.41, 5.74) is 1.80. The number of likely N-dealkylation sites (tertiary alicyclic amines) is 1. The second-order valence-corrected chi connectivity index (χ2v) is 5.49. The lowest BCUT2D eigenvalue weighted by molar-refractivity contribution is -0.127. The average Bonchev–Trinajstić information content (AvgIpc) is 2.52. The number of anilines is 1. The highest BCUT2D eigenvalue weighted by atomic mass is 35.5. The zero-order valence-electron chi connectivity index (χ0n) is 12.0. The van der Waals surface area contributed by atoms with Gasteiger partial charge in [0.1, 0.15) is 11.6 Å². The number of halogens is 1. The van der Waals surface area contributed by atoms with Gasteiger partial charge in [-0.1, -0.05) is 17.7 Å². The Kier molecular flexibility index (Phi) is 5.24. The van der Waals surface area contributed by atoms with Gasteiger partial charge in [-0.3, -0.25) is 4.79 Å². The van der Waals surface area contributed by atoms with E-state index in [0.717, 1.165) is 43.6 Å². The number of nitrogens with zero attached hydrogens (tertiary/aromatic N) is 2. The fourth-order valence-electron chi connectivity index (χ4n) is 2.32. The highest BCUT2D eigenvalue weighted by Gasteiger charge is 2.20. The van der Waals surface area contributed by atoms with Crippen molar-refractivity contribution >= 4 is 23.2 Å². The zero-order chi connectivity index (χ0) is 15.2. The van der Waals surface area contributed by atoms with Gasteiger partial charge in [-0.25, -0.2) is 0 Å². The van der Waals surface area contributed by atoms with Gasteiger partial charge in [0, 0.05) is 30.0 Å². The fraction of sp³-hybridized carbons (Fsp3) is 0.375. The summed E-state index contributed by atoms with van der Waals surface area (Å²) in [5, 5.41) is 12.9. The standard InChI is InChI=1S/C16H18ClN3O/c1-12-14(17)6-5-7-15(12)19-11-13(10-18)16(21)20-8-3-2-4-9-20/h5-7,11,19H,2-4,8-9H2,1H3/b13-11-. The number of nitriles is 1. The monoisotopic (exact) mass is 303 g/mol. The Morgan fingerprint density at radius 1 is 1.38 bits per heavy atom. The van der Waals surface area contributed by atoms with Crippen LogP contribution in [-0.2, 0) is 4.79 Å². The minimum atomic E-state index is -0.204. The first kappa shape index (κ1) is 15.4. The summed E-state index contributed by atoms with van der Waals surface area (Å²) in [6.45, 7) is 3.35. The number of piperidine rings is 1. The van der Waals surface area contributed by atoms with Crippen molar-refractivity contribution in [3.8, 4) is 6.07 Å². The maximum Gasteiger partial charge on any atom is 0.266 e. The summed E-state index contributed by atoms with van der Waals surface area (Å²) in [6, 6.07) is 7.46. The summed E-state index contributed by atoms with van der Waals surface area (Å²) >= 11 is 6.05. The number of amides is 1. The molecule has 0 spiro atoms. The molecule has 4 nitrogen and oxygen atoms in total. The Bertz CT molecular complexity index is 598. The van der Waals surface area contributed by atoms with Crippen LogP contribution >= 0.6 is 11.6 Å². The van der Waals surface area contributed by atoms with Crippen molar-refractivity contribution in [1.82, 2.24) is 4.90 Å². The van der Waals surface area contributed by atoms with Gasteiger partial charge in [0.05, 0.1) is 0 Å². The normalized spacial score (nSPS) is 15.5. The molecule has 0 bridgehead atoms. The van der Waals surface area contributed by atoms with Crippen molar-refractivity contribution in [1.29, 1.82) is 5.26 Å². The van der Waals surface area contributed by atoms with Crippen LogP contribution in [0.1, 0.15) is 24.8 Å². The van der Waals surface area contributed by atoms with E-state index in [0.29, 0.717) is 5.02 Å². The van der Waals surface area contributed by atoms with Crippen molar-refractivity contribution in [3.63, 3.8) is 0 Å². The highest BCUT2D eigenvalue weighted by Crippen LogP contribution is 2.23. The number of rotatable bonds is 3. The number of hydrogen-bond donors (Lipinski definition) is 1. The molecule has 0 aromatic heterocycles. The third kappa shape index (κ3) is 3.77. The Hall–Kier alpha value is -1.99. The molecule has 1 aromatic rings. The van der Waals surface area contributed by atoms with E-state index in [1.54, 1.807) is 11.0 Å². The van der Waals surface area contributed by atoms with Gasteiger partial charge in [0.2, 0.25) is 0 Å². The lowest BCUT2D eigenvalue weighted by atomic mass is 10.1. The topological polar surface area (TPSA) is 56.1 Å². The van der Waals surface area contributed by atoms with E-state index in [4.69, 9.17) is 11.6 Å². The molecule has 110 valence electrons. The van der Waals surface area contributed by atoms with Gasteiger partial charge in [0.25, 0.3) is 5.91 Å². The Labute approximate surface area is 130 Å². The smallest absolute Gasteiger partial charge is 0.266 e. The molecular weight excluding hydrogens is 286 g/mol. The van der Waals surface area contributed by atoms with Crippen molar-refractivity contribution in [2.75, 3.05) is 18.4 Å². The van der Waals surface area contributed by atoms with E-state index in [-0.39, 0.29) is 11.5 Å². The van der Waals surface area contributed by atoms with E-state index >= 15 is 0 Å². The van der Waals surface area contributed by atoms with Gasteiger partial charge in [-0.2, -0.15) is 5.26 Å². The summed E-state index contributed by atoms with van der Waals surface area (Å²) in [7, 11) is 0. The van der Waals surface area contributed by atoms with E-state index in [2.05, 4.69) is 5.32 Å². The molecule has 0 atom stereocenters. The molecule has 2 rings (SSSR count). The van der Waals surface area contributed by atoms with Crippen LogP contribution < -0.4 is 5.32 Å².